The van der Waals surface area contributed by atoms with Crippen molar-refractivity contribution >= 4 is 0 Å². The molecule has 0 bridgehead atoms. The van der Waals surface area contributed by atoms with E-state index >= 15 is 0 Å². The van der Waals surface area contributed by atoms with Gasteiger partial charge in [-0.1, -0.05) is 50.2 Å². The fourth-order valence-electron chi connectivity index (χ4n) is 2.61. The smallest absolute Gasteiger partial charge is 0.136 e. The minimum absolute atomic E-state index is 0.0282. The Kier molecular flexibility index (Phi) is 5.40. The predicted molar refractivity (Wildman–Crippen MR) is 89.0 cm³/mol. The van der Waals surface area contributed by atoms with Crippen LogP contribution in [0, 0.1) is 6.92 Å². The van der Waals surface area contributed by atoms with Gasteiger partial charge in [-0.2, -0.15) is 0 Å². The Morgan fingerprint density at radius 1 is 1.05 bits per heavy atom. The average molecular weight is 283 g/mol. The lowest BCUT2D eigenvalue weighted by molar-refractivity contribution is 0.205. The molecule has 2 heteroatoms. The summed E-state index contributed by atoms with van der Waals surface area (Å²) in [6, 6.07) is 16.7. The van der Waals surface area contributed by atoms with Crippen LogP contribution in [0.2, 0.25) is 0 Å². The first-order valence-electron chi connectivity index (χ1n) is 7.58. The Bertz CT molecular complexity index is 563. The average Bonchev–Trinajstić information content (AvgIpc) is 2.47. The van der Waals surface area contributed by atoms with Crippen molar-refractivity contribution in [1.29, 1.82) is 0 Å². The second-order valence-corrected chi connectivity index (χ2v) is 5.75. The molecule has 2 aromatic rings. The summed E-state index contributed by atoms with van der Waals surface area (Å²) in [6.45, 7) is 7.38. The molecule has 1 N–H and O–H groups in total. The first-order chi connectivity index (χ1) is 10.1. The van der Waals surface area contributed by atoms with Gasteiger partial charge in [-0.25, -0.2) is 0 Å². The van der Waals surface area contributed by atoms with Crippen LogP contribution in [0.5, 0.6) is 5.75 Å². The molecule has 1 unspecified atom stereocenters. The third kappa shape index (κ3) is 4.08. The summed E-state index contributed by atoms with van der Waals surface area (Å²) in [7, 11) is 1.95. The van der Waals surface area contributed by atoms with Crippen LogP contribution in [0.1, 0.15) is 42.6 Å². The van der Waals surface area contributed by atoms with E-state index < -0.39 is 0 Å². The molecule has 2 aromatic carbocycles. The predicted octanol–water partition coefficient (Wildman–Crippen LogP) is 4.46. The molecule has 0 amide bonds. The van der Waals surface area contributed by atoms with Gasteiger partial charge >= 0.3 is 0 Å². The molecule has 0 radical (unpaired) electrons. The van der Waals surface area contributed by atoms with Crippen molar-refractivity contribution < 1.29 is 4.74 Å². The molecule has 21 heavy (non-hydrogen) atoms. The molecule has 2 rings (SSSR count). The normalized spacial score (nSPS) is 12.4. The van der Waals surface area contributed by atoms with Crippen molar-refractivity contribution in [2.75, 3.05) is 13.6 Å². The molecule has 0 aliphatic carbocycles. The van der Waals surface area contributed by atoms with Crippen molar-refractivity contribution in [2.24, 2.45) is 0 Å². The molecule has 0 saturated carbocycles. The van der Waals surface area contributed by atoms with Crippen LogP contribution in [0.3, 0.4) is 0 Å². The number of hydrogen-bond acceptors (Lipinski definition) is 2. The standard InChI is InChI=1S/C19H25NO/c1-14(2)18-11-10-17(12-15(18)3)21-19(13-20-4)16-8-6-5-7-9-16/h5-12,14,19-20H,13H2,1-4H3. The molecular formula is C19H25NO. The minimum Gasteiger partial charge on any atom is -0.484 e. The van der Waals surface area contributed by atoms with Gasteiger partial charge in [0.25, 0.3) is 0 Å². The molecule has 0 aliphatic rings. The van der Waals surface area contributed by atoms with Crippen LogP contribution in [0.15, 0.2) is 48.5 Å². The van der Waals surface area contributed by atoms with Crippen LogP contribution in [-0.4, -0.2) is 13.6 Å². The summed E-state index contributed by atoms with van der Waals surface area (Å²) in [5.74, 6) is 1.47. The Morgan fingerprint density at radius 2 is 1.76 bits per heavy atom. The maximum Gasteiger partial charge on any atom is 0.136 e. The van der Waals surface area contributed by atoms with Gasteiger partial charge in [0.2, 0.25) is 0 Å². The number of aryl methyl sites for hydroxylation is 1. The molecule has 0 saturated heterocycles. The fourth-order valence-corrected chi connectivity index (χ4v) is 2.61. The van der Waals surface area contributed by atoms with E-state index in [4.69, 9.17) is 4.74 Å². The van der Waals surface area contributed by atoms with Crippen LogP contribution in [0.25, 0.3) is 0 Å². The van der Waals surface area contributed by atoms with Gasteiger partial charge in [0.05, 0.1) is 0 Å². The van der Waals surface area contributed by atoms with Gasteiger partial charge in [-0.15, -0.1) is 0 Å². The van der Waals surface area contributed by atoms with Crippen LogP contribution >= 0.6 is 0 Å². The summed E-state index contributed by atoms with van der Waals surface area (Å²) < 4.78 is 6.19. The van der Waals surface area contributed by atoms with E-state index in [1.165, 1.54) is 16.7 Å². The van der Waals surface area contributed by atoms with Crippen molar-refractivity contribution in [3.63, 3.8) is 0 Å². The van der Waals surface area contributed by atoms with E-state index in [1.807, 2.05) is 13.1 Å². The van der Waals surface area contributed by atoms with Crippen LogP contribution in [-0.2, 0) is 0 Å². The zero-order chi connectivity index (χ0) is 15.2. The van der Waals surface area contributed by atoms with Crippen molar-refractivity contribution in [2.45, 2.75) is 32.8 Å². The lowest BCUT2D eigenvalue weighted by atomic mass is 9.98. The number of benzene rings is 2. The largest absolute Gasteiger partial charge is 0.484 e. The summed E-state index contributed by atoms with van der Waals surface area (Å²) in [5.41, 5.74) is 3.86. The van der Waals surface area contributed by atoms with Crippen molar-refractivity contribution in [3.8, 4) is 5.75 Å². The Balaban J connectivity index is 2.19. The highest BCUT2D eigenvalue weighted by molar-refractivity contribution is 5.37. The van der Waals surface area contributed by atoms with E-state index in [0.29, 0.717) is 5.92 Å². The third-order valence-corrected chi connectivity index (χ3v) is 3.70. The van der Waals surface area contributed by atoms with E-state index in [-0.39, 0.29) is 6.10 Å². The number of likely N-dealkylation sites (N-methyl/N-ethyl adjacent to an activating group) is 1. The molecule has 0 aromatic heterocycles. The molecule has 112 valence electrons. The Labute approximate surface area is 128 Å². The highest BCUT2D eigenvalue weighted by atomic mass is 16.5. The van der Waals surface area contributed by atoms with Gasteiger partial charge in [0.15, 0.2) is 0 Å². The first-order valence-corrected chi connectivity index (χ1v) is 7.58. The zero-order valence-corrected chi connectivity index (χ0v) is 13.4. The van der Waals surface area contributed by atoms with E-state index in [0.717, 1.165) is 12.3 Å². The molecule has 0 heterocycles. The first kappa shape index (κ1) is 15.6. The zero-order valence-electron chi connectivity index (χ0n) is 13.4. The second-order valence-electron chi connectivity index (χ2n) is 5.75. The fraction of sp³-hybridized carbons (Fsp3) is 0.368. The lowest BCUT2D eigenvalue weighted by Crippen LogP contribution is -2.21. The maximum absolute atomic E-state index is 6.19. The number of hydrogen-bond donors (Lipinski definition) is 1. The highest BCUT2D eigenvalue weighted by Crippen LogP contribution is 2.27. The number of ether oxygens (including phenoxy) is 1. The summed E-state index contributed by atoms with van der Waals surface area (Å²) in [4.78, 5) is 0. The number of rotatable bonds is 6. The molecule has 0 fully saturated rings. The lowest BCUT2D eigenvalue weighted by Gasteiger charge is -2.20. The number of nitrogens with one attached hydrogen (secondary N) is 1. The summed E-state index contributed by atoms with van der Waals surface area (Å²) in [5, 5.41) is 3.21. The second kappa shape index (κ2) is 7.28. The van der Waals surface area contributed by atoms with Crippen LogP contribution in [0.4, 0.5) is 0 Å². The minimum atomic E-state index is 0.0282. The van der Waals surface area contributed by atoms with Gasteiger partial charge in [-0.3, -0.25) is 0 Å². The topological polar surface area (TPSA) is 21.3 Å². The summed E-state index contributed by atoms with van der Waals surface area (Å²) >= 11 is 0. The third-order valence-electron chi connectivity index (χ3n) is 3.70. The highest BCUT2D eigenvalue weighted by Gasteiger charge is 2.13. The molecule has 0 spiro atoms. The molecule has 0 aliphatic heterocycles. The molecular weight excluding hydrogens is 258 g/mol. The van der Waals surface area contributed by atoms with E-state index in [9.17, 15) is 0 Å². The van der Waals surface area contributed by atoms with Gasteiger partial charge < -0.3 is 10.1 Å². The molecule has 1 atom stereocenters. The summed E-state index contributed by atoms with van der Waals surface area (Å²) in [6.07, 6.45) is 0.0282. The van der Waals surface area contributed by atoms with Gasteiger partial charge in [0.1, 0.15) is 11.9 Å². The van der Waals surface area contributed by atoms with Gasteiger partial charge in [0, 0.05) is 6.54 Å². The Hall–Kier alpha value is -1.80. The van der Waals surface area contributed by atoms with Crippen molar-refractivity contribution in [1.82, 2.24) is 5.32 Å². The van der Waals surface area contributed by atoms with E-state index in [1.54, 1.807) is 0 Å². The SMILES string of the molecule is CNCC(Oc1ccc(C(C)C)c(C)c1)c1ccccc1. The van der Waals surface area contributed by atoms with Crippen molar-refractivity contribution in [3.05, 3.63) is 65.2 Å². The Morgan fingerprint density at radius 3 is 2.33 bits per heavy atom. The maximum atomic E-state index is 6.19. The van der Waals surface area contributed by atoms with Crippen LogP contribution < -0.4 is 10.1 Å². The molecule has 2 nitrogen and oxygen atoms in total. The quantitative estimate of drug-likeness (QED) is 0.845. The monoisotopic (exact) mass is 283 g/mol. The van der Waals surface area contributed by atoms with Gasteiger partial charge in [-0.05, 0) is 48.7 Å². The van der Waals surface area contributed by atoms with E-state index in [2.05, 4.69) is 68.6 Å².